The van der Waals surface area contributed by atoms with Gasteiger partial charge in [0.05, 0.1) is 19.8 Å². The average molecular weight is 456 g/mol. The molecule has 0 bridgehead atoms. The van der Waals surface area contributed by atoms with Gasteiger partial charge in [-0.25, -0.2) is 9.98 Å². The highest BCUT2D eigenvalue weighted by Gasteiger charge is 2.41. The highest BCUT2D eigenvalue weighted by molar-refractivity contribution is 7.99. The zero-order valence-electron chi connectivity index (χ0n) is 18.2. The predicted molar refractivity (Wildman–Crippen MR) is 125 cm³/mol. The van der Waals surface area contributed by atoms with Crippen molar-refractivity contribution in [1.82, 2.24) is 9.97 Å². The number of esters is 1. The molecule has 0 saturated heterocycles. The largest absolute Gasteiger partial charge is 0.493 e. The Morgan fingerprint density at radius 2 is 1.97 bits per heavy atom. The number of benzene rings is 1. The zero-order chi connectivity index (χ0) is 23.3. The molecule has 0 saturated carbocycles. The summed E-state index contributed by atoms with van der Waals surface area (Å²) < 4.78 is 16.1. The number of nitrogens with zero attached hydrogens (tertiary/aromatic N) is 2. The Morgan fingerprint density at radius 1 is 1.22 bits per heavy atom. The summed E-state index contributed by atoms with van der Waals surface area (Å²) in [6.45, 7) is 9.06. The molecule has 0 radical (unpaired) electrons. The summed E-state index contributed by atoms with van der Waals surface area (Å²) >= 11 is 1.34. The van der Waals surface area contributed by atoms with Gasteiger partial charge in [-0.3, -0.25) is 9.59 Å². The molecule has 168 valence electrons. The Balaban J connectivity index is 2.21. The second-order valence-electron chi connectivity index (χ2n) is 6.95. The second-order valence-corrected chi connectivity index (χ2v) is 7.96. The van der Waals surface area contributed by atoms with Crippen molar-refractivity contribution < 1.29 is 19.0 Å². The first-order chi connectivity index (χ1) is 15.4. The van der Waals surface area contributed by atoms with Gasteiger partial charge in [-0.15, -0.1) is 6.58 Å². The van der Waals surface area contributed by atoms with Gasteiger partial charge in [0, 0.05) is 17.4 Å². The third-order valence-electron chi connectivity index (χ3n) is 4.99. The minimum atomic E-state index is -0.810. The molecule has 2 atom stereocenters. The van der Waals surface area contributed by atoms with E-state index in [9.17, 15) is 9.59 Å². The van der Waals surface area contributed by atoms with E-state index in [0.717, 1.165) is 0 Å². The first kappa shape index (κ1) is 23.3. The Bertz CT molecular complexity index is 1130. The standard InChI is InChI=1S/C23H25N3O5S/c1-6-10-31-22(28)17-13(3)24-20-19(21(27)26-23(25-20)32-11-7-2)18(17)14-8-9-15(29-4)16(12-14)30-5/h6-9,12,17-18H,1-2,10-11H2,3-5H3,(H,25,26,27). The van der Waals surface area contributed by atoms with Gasteiger partial charge in [0.1, 0.15) is 12.5 Å². The Hall–Kier alpha value is -3.33. The summed E-state index contributed by atoms with van der Waals surface area (Å²) in [5.41, 5.74) is 1.12. The lowest BCUT2D eigenvalue weighted by Gasteiger charge is -2.30. The van der Waals surface area contributed by atoms with Crippen LogP contribution in [0.15, 0.2) is 58.5 Å². The lowest BCUT2D eigenvalue weighted by Crippen LogP contribution is -2.37. The van der Waals surface area contributed by atoms with Gasteiger partial charge in [-0.1, -0.05) is 36.6 Å². The van der Waals surface area contributed by atoms with Crippen molar-refractivity contribution in [2.45, 2.75) is 18.0 Å². The number of aromatic amines is 1. The van der Waals surface area contributed by atoms with Crippen LogP contribution >= 0.6 is 11.8 Å². The normalized spacial score (nSPS) is 17.0. The summed E-state index contributed by atoms with van der Waals surface area (Å²) in [6.07, 6.45) is 3.21. The second kappa shape index (κ2) is 10.3. The average Bonchev–Trinajstić information content (AvgIpc) is 2.79. The maximum absolute atomic E-state index is 13.2. The van der Waals surface area contributed by atoms with E-state index in [2.05, 4.69) is 28.1 Å². The number of hydrogen-bond acceptors (Lipinski definition) is 8. The number of carbonyl (C=O) groups excluding carboxylic acids is 1. The van der Waals surface area contributed by atoms with Gasteiger partial charge in [-0.05, 0) is 24.6 Å². The van der Waals surface area contributed by atoms with Crippen LogP contribution in [0.3, 0.4) is 0 Å². The molecule has 1 aliphatic heterocycles. The molecule has 3 rings (SSSR count). The fraction of sp³-hybridized carbons (Fsp3) is 0.304. The van der Waals surface area contributed by atoms with Crippen LogP contribution < -0.4 is 15.0 Å². The monoisotopic (exact) mass is 455 g/mol. The molecule has 32 heavy (non-hydrogen) atoms. The molecule has 1 N–H and O–H groups in total. The predicted octanol–water partition coefficient (Wildman–Crippen LogP) is 3.65. The molecule has 0 spiro atoms. The van der Waals surface area contributed by atoms with E-state index in [1.807, 2.05) is 0 Å². The summed E-state index contributed by atoms with van der Waals surface area (Å²) in [7, 11) is 3.06. The van der Waals surface area contributed by atoms with Crippen LogP contribution in [0.25, 0.3) is 0 Å². The smallest absolute Gasteiger partial charge is 0.315 e. The van der Waals surface area contributed by atoms with Crippen LogP contribution in [0.4, 0.5) is 5.82 Å². The number of hydrogen-bond donors (Lipinski definition) is 1. The van der Waals surface area contributed by atoms with Gasteiger partial charge in [-0.2, -0.15) is 0 Å². The van der Waals surface area contributed by atoms with Crippen molar-refractivity contribution in [2.24, 2.45) is 10.9 Å². The van der Waals surface area contributed by atoms with Crippen LogP contribution in [0.5, 0.6) is 11.5 Å². The molecule has 1 aliphatic rings. The highest BCUT2D eigenvalue weighted by atomic mass is 32.2. The van der Waals surface area contributed by atoms with Crippen molar-refractivity contribution in [1.29, 1.82) is 0 Å². The number of methoxy groups -OCH3 is 2. The number of H-pyrrole nitrogens is 1. The summed E-state index contributed by atoms with van der Waals surface area (Å²) in [4.78, 5) is 38.0. The number of fused-ring (bicyclic) bond motifs is 1. The minimum Gasteiger partial charge on any atom is -0.493 e. The van der Waals surface area contributed by atoms with E-state index in [1.54, 1.807) is 31.2 Å². The molecule has 2 heterocycles. The molecule has 0 aliphatic carbocycles. The van der Waals surface area contributed by atoms with Crippen molar-refractivity contribution in [3.63, 3.8) is 0 Å². The fourth-order valence-corrected chi connectivity index (χ4v) is 4.20. The lowest BCUT2D eigenvalue weighted by molar-refractivity contribution is -0.145. The molecule has 2 unspecified atom stereocenters. The Labute approximate surface area is 190 Å². The Kier molecular flexibility index (Phi) is 7.53. The third kappa shape index (κ3) is 4.62. The van der Waals surface area contributed by atoms with E-state index in [0.29, 0.717) is 39.2 Å². The number of thioether (sulfide) groups is 1. The molecular formula is C23H25N3O5S. The minimum absolute atomic E-state index is 0.0554. The van der Waals surface area contributed by atoms with E-state index in [-0.39, 0.29) is 18.0 Å². The SMILES string of the molecule is C=CCOC(=O)C1C(C)=Nc2nc(SCC=C)[nH]c(=O)c2C1c1ccc(OC)c(OC)c1. The van der Waals surface area contributed by atoms with Gasteiger partial charge < -0.3 is 19.2 Å². The number of carbonyl (C=O) groups is 1. The van der Waals surface area contributed by atoms with Crippen molar-refractivity contribution in [3.8, 4) is 11.5 Å². The maximum Gasteiger partial charge on any atom is 0.315 e. The van der Waals surface area contributed by atoms with E-state index < -0.39 is 17.8 Å². The number of rotatable bonds is 9. The molecule has 2 aromatic rings. The van der Waals surface area contributed by atoms with Gasteiger partial charge >= 0.3 is 5.97 Å². The van der Waals surface area contributed by atoms with Crippen LogP contribution in [0.2, 0.25) is 0 Å². The van der Waals surface area contributed by atoms with Crippen molar-refractivity contribution in [2.75, 3.05) is 26.6 Å². The summed E-state index contributed by atoms with van der Waals surface area (Å²) in [6, 6.07) is 5.28. The first-order valence-corrected chi connectivity index (χ1v) is 10.9. The highest BCUT2D eigenvalue weighted by Crippen LogP contribution is 2.43. The molecular weight excluding hydrogens is 430 g/mol. The van der Waals surface area contributed by atoms with Crippen LogP contribution in [-0.2, 0) is 9.53 Å². The molecule has 8 nitrogen and oxygen atoms in total. The summed E-state index contributed by atoms with van der Waals surface area (Å²) in [5.74, 6) is -0.102. The van der Waals surface area contributed by atoms with E-state index in [1.165, 1.54) is 32.1 Å². The molecule has 9 heteroatoms. The molecule has 0 amide bonds. The topological polar surface area (TPSA) is 103 Å². The first-order valence-electron chi connectivity index (χ1n) is 9.87. The number of ether oxygens (including phenoxy) is 3. The van der Waals surface area contributed by atoms with E-state index >= 15 is 0 Å². The van der Waals surface area contributed by atoms with Gasteiger partial charge in [0.15, 0.2) is 22.5 Å². The molecule has 1 aromatic carbocycles. The molecule has 0 fully saturated rings. The third-order valence-corrected chi connectivity index (χ3v) is 5.86. The quantitative estimate of drug-likeness (QED) is 0.266. The zero-order valence-corrected chi connectivity index (χ0v) is 19.0. The van der Waals surface area contributed by atoms with Crippen LogP contribution in [0, 0.1) is 5.92 Å². The van der Waals surface area contributed by atoms with Gasteiger partial charge in [0.2, 0.25) is 0 Å². The van der Waals surface area contributed by atoms with E-state index in [4.69, 9.17) is 14.2 Å². The van der Waals surface area contributed by atoms with Crippen LogP contribution in [0.1, 0.15) is 24.0 Å². The van der Waals surface area contributed by atoms with Crippen molar-refractivity contribution in [3.05, 3.63) is 65.0 Å². The molecule has 1 aromatic heterocycles. The number of aliphatic imine (C=N–C) groups is 1. The van der Waals surface area contributed by atoms with Crippen molar-refractivity contribution >= 4 is 29.3 Å². The maximum atomic E-state index is 13.2. The van der Waals surface area contributed by atoms with Crippen LogP contribution in [-0.4, -0.2) is 48.2 Å². The fourth-order valence-electron chi connectivity index (χ4n) is 3.61. The summed E-state index contributed by atoms with van der Waals surface area (Å²) in [5, 5.41) is 0.434. The Morgan fingerprint density at radius 3 is 2.62 bits per heavy atom. The number of aromatic nitrogens is 2. The number of nitrogens with one attached hydrogen (secondary N) is 1. The lowest BCUT2D eigenvalue weighted by atomic mass is 9.77. The van der Waals surface area contributed by atoms with Gasteiger partial charge in [0.25, 0.3) is 5.56 Å².